The number of rotatable bonds is 3. The zero-order valence-electron chi connectivity index (χ0n) is 19.6. The Labute approximate surface area is 224 Å². The number of phenolic OH excluding ortho intramolecular Hbond substituents is 2. The van der Waals surface area contributed by atoms with E-state index in [1.54, 1.807) is 42.7 Å². The number of phenols is 2. The molecule has 0 unspecified atom stereocenters. The number of benzene rings is 2. The van der Waals surface area contributed by atoms with Gasteiger partial charge in [0.25, 0.3) is 0 Å². The minimum atomic E-state index is 0. The van der Waals surface area contributed by atoms with Gasteiger partial charge in [0.1, 0.15) is 17.0 Å². The molecule has 0 saturated heterocycles. The normalized spacial score (nSPS) is 10.2. The fourth-order valence-electron chi connectivity index (χ4n) is 3.72. The molecule has 6 aromatic rings. The van der Waals surface area contributed by atoms with Crippen LogP contribution in [0, 0.1) is 0 Å². The maximum Gasteiger partial charge on any atom is 0.141 e. The van der Waals surface area contributed by atoms with Crippen LogP contribution in [0.5, 0.6) is 11.5 Å². The maximum absolute atomic E-state index is 9.80. The first kappa shape index (κ1) is 25.5. The summed E-state index contributed by atoms with van der Waals surface area (Å²) in [5.41, 5.74) is 5.30. The molecule has 0 atom stereocenters. The standard InChI is InChI=1S/C15H11N3.C15H11NO2.Mn/c1-3-10-16-12(6-1)14-8-5-9-15(18-14)13-7-2-4-11-17-13;17-13-6-2-1-5-11(13)12-9-8-10-4-3-7-14(18)15(10)16-12;/h1-11H;1-9,17-18H;. The topological polar surface area (TPSA) is 92.0 Å². The summed E-state index contributed by atoms with van der Waals surface area (Å²) in [5, 5.41) is 20.5. The van der Waals surface area contributed by atoms with E-state index in [1.165, 1.54) is 0 Å². The van der Waals surface area contributed by atoms with Crippen LogP contribution in [0.1, 0.15) is 0 Å². The van der Waals surface area contributed by atoms with E-state index in [0.29, 0.717) is 16.8 Å². The molecule has 0 aliphatic rings. The molecule has 0 bridgehead atoms. The predicted molar refractivity (Wildman–Crippen MR) is 141 cm³/mol. The average molecular weight is 525 g/mol. The van der Waals surface area contributed by atoms with Crippen LogP contribution < -0.4 is 0 Å². The molecule has 0 aliphatic carbocycles. The van der Waals surface area contributed by atoms with E-state index in [0.717, 1.165) is 28.2 Å². The van der Waals surface area contributed by atoms with E-state index >= 15 is 0 Å². The van der Waals surface area contributed by atoms with Gasteiger partial charge >= 0.3 is 0 Å². The molecule has 6 nitrogen and oxygen atoms in total. The van der Waals surface area contributed by atoms with Gasteiger partial charge in [-0.05, 0) is 60.7 Å². The summed E-state index contributed by atoms with van der Waals surface area (Å²) in [6.45, 7) is 0. The Kier molecular flexibility index (Phi) is 8.21. The number of pyridine rings is 4. The molecular formula is C30H22MnN4O2. The summed E-state index contributed by atoms with van der Waals surface area (Å²) in [7, 11) is 0. The second-order valence-electron chi connectivity index (χ2n) is 7.90. The van der Waals surface area contributed by atoms with Crippen molar-refractivity contribution in [3.8, 4) is 45.5 Å². The fraction of sp³-hybridized carbons (Fsp3) is 0. The summed E-state index contributed by atoms with van der Waals surface area (Å²) >= 11 is 0. The molecule has 0 saturated carbocycles. The molecule has 37 heavy (non-hydrogen) atoms. The van der Waals surface area contributed by atoms with Gasteiger partial charge in [-0.15, -0.1) is 0 Å². The van der Waals surface area contributed by atoms with Crippen LogP contribution in [0.3, 0.4) is 0 Å². The first-order valence-electron chi connectivity index (χ1n) is 11.4. The van der Waals surface area contributed by atoms with Crippen molar-refractivity contribution < 1.29 is 27.3 Å². The molecule has 2 N–H and O–H groups in total. The third-order valence-electron chi connectivity index (χ3n) is 5.48. The Bertz CT molecular complexity index is 1560. The number of hydrogen-bond donors (Lipinski definition) is 2. The van der Waals surface area contributed by atoms with Gasteiger partial charge in [0.2, 0.25) is 0 Å². The third kappa shape index (κ3) is 5.98. The Balaban J connectivity index is 0.000000168. The number of nitrogens with zero attached hydrogens (tertiary/aromatic N) is 4. The van der Waals surface area contributed by atoms with E-state index in [2.05, 4.69) is 19.9 Å². The summed E-state index contributed by atoms with van der Waals surface area (Å²) in [4.78, 5) is 17.6. The quantitative estimate of drug-likeness (QED) is 0.256. The Morgan fingerprint density at radius 2 is 1.00 bits per heavy atom. The minimum Gasteiger partial charge on any atom is -0.507 e. The van der Waals surface area contributed by atoms with E-state index < -0.39 is 0 Å². The van der Waals surface area contributed by atoms with E-state index in [1.807, 2.05) is 78.9 Å². The molecule has 6 rings (SSSR count). The van der Waals surface area contributed by atoms with Gasteiger partial charge in [-0.3, -0.25) is 9.97 Å². The summed E-state index contributed by atoms with van der Waals surface area (Å²) < 4.78 is 0. The van der Waals surface area contributed by atoms with Crippen molar-refractivity contribution in [2.75, 3.05) is 0 Å². The predicted octanol–water partition coefficient (Wildman–Crippen LogP) is 6.52. The number of aromatic hydroxyl groups is 2. The average Bonchev–Trinajstić information content (AvgIpc) is 2.95. The van der Waals surface area contributed by atoms with Crippen molar-refractivity contribution in [1.82, 2.24) is 19.9 Å². The Morgan fingerprint density at radius 3 is 1.62 bits per heavy atom. The molecule has 0 spiro atoms. The SMILES string of the molecule is Oc1ccccc1-c1ccc2cccc(O)c2n1.[Mn].c1ccc(-c2cccc(-c3ccccn3)n2)nc1. The second kappa shape index (κ2) is 11.9. The molecule has 2 aromatic carbocycles. The van der Waals surface area contributed by atoms with E-state index in [4.69, 9.17) is 0 Å². The molecule has 4 heterocycles. The van der Waals surface area contributed by atoms with Crippen molar-refractivity contribution >= 4 is 10.9 Å². The summed E-state index contributed by atoms with van der Waals surface area (Å²) in [6, 6.07) is 33.5. The van der Waals surface area contributed by atoms with Crippen molar-refractivity contribution in [2.24, 2.45) is 0 Å². The van der Waals surface area contributed by atoms with Gasteiger partial charge in [0.15, 0.2) is 0 Å². The van der Waals surface area contributed by atoms with Crippen LogP contribution in [-0.2, 0) is 17.1 Å². The number of para-hydroxylation sites is 2. The fourth-order valence-corrected chi connectivity index (χ4v) is 3.72. The molecule has 1 radical (unpaired) electrons. The molecule has 0 aliphatic heterocycles. The van der Waals surface area contributed by atoms with Crippen LogP contribution in [0.15, 0.2) is 122 Å². The largest absolute Gasteiger partial charge is 0.507 e. The summed E-state index contributed by atoms with van der Waals surface area (Å²) in [5.74, 6) is 0.324. The smallest absolute Gasteiger partial charge is 0.141 e. The van der Waals surface area contributed by atoms with Gasteiger partial charge in [-0.25, -0.2) is 9.97 Å². The van der Waals surface area contributed by atoms with Crippen LogP contribution in [-0.4, -0.2) is 30.1 Å². The van der Waals surface area contributed by atoms with Crippen LogP contribution in [0.2, 0.25) is 0 Å². The number of hydrogen-bond acceptors (Lipinski definition) is 6. The first-order valence-corrected chi connectivity index (χ1v) is 11.4. The van der Waals surface area contributed by atoms with Gasteiger partial charge in [-0.1, -0.05) is 48.5 Å². The van der Waals surface area contributed by atoms with Crippen molar-refractivity contribution in [1.29, 1.82) is 0 Å². The third-order valence-corrected chi connectivity index (χ3v) is 5.48. The Hall–Kier alpha value is -4.58. The monoisotopic (exact) mass is 525 g/mol. The zero-order chi connectivity index (χ0) is 24.7. The molecule has 7 heteroatoms. The van der Waals surface area contributed by atoms with Crippen molar-refractivity contribution in [2.45, 2.75) is 0 Å². The number of aromatic nitrogens is 4. The van der Waals surface area contributed by atoms with Crippen molar-refractivity contribution in [3.63, 3.8) is 0 Å². The van der Waals surface area contributed by atoms with Crippen LogP contribution >= 0.6 is 0 Å². The van der Waals surface area contributed by atoms with Gasteiger partial charge in [-0.2, -0.15) is 0 Å². The molecule has 0 fully saturated rings. The molecule has 0 amide bonds. The first-order chi connectivity index (χ1) is 17.7. The number of fused-ring (bicyclic) bond motifs is 1. The molecule has 4 aromatic heterocycles. The summed E-state index contributed by atoms with van der Waals surface area (Å²) in [6.07, 6.45) is 3.54. The maximum atomic E-state index is 9.80. The molecular weight excluding hydrogens is 503 g/mol. The van der Waals surface area contributed by atoms with Gasteiger partial charge in [0, 0.05) is 40.4 Å². The van der Waals surface area contributed by atoms with E-state index in [9.17, 15) is 10.2 Å². The zero-order valence-corrected chi connectivity index (χ0v) is 20.8. The van der Waals surface area contributed by atoms with E-state index in [-0.39, 0.29) is 28.6 Å². The van der Waals surface area contributed by atoms with Gasteiger partial charge < -0.3 is 10.2 Å². The second-order valence-corrected chi connectivity index (χ2v) is 7.90. The minimum absolute atomic E-state index is 0. The van der Waals surface area contributed by atoms with Gasteiger partial charge in [0.05, 0.1) is 28.5 Å². The molecule has 181 valence electrons. The Morgan fingerprint density at radius 1 is 0.432 bits per heavy atom. The van der Waals surface area contributed by atoms with Crippen LogP contribution in [0.25, 0.3) is 44.9 Å². The van der Waals surface area contributed by atoms with Crippen molar-refractivity contribution in [3.05, 3.63) is 122 Å². The van der Waals surface area contributed by atoms with Crippen LogP contribution in [0.4, 0.5) is 0 Å².